The van der Waals surface area contributed by atoms with E-state index in [2.05, 4.69) is 17.5 Å². The Labute approximate surface area is 199 Å². The summed E-state index contributed by atoms with van der Waals surface area (Å²) >= 11 is 6.00. The summed E-state index contributed by atoms with van der Waals surface area (Å²) in [5, 5.41) is 2.57. The number of nitrogens with one attached hydrogen (secondary N) is 1. The number of nitrogens with zero attached hydrogens (tertiary/aromatic N) is 1. The monoisotopic (exact) mass is 492 g/mol. The van der Waals surface area contributed by atoms with E-state index in [0.717, 1.165) is 24.6 Å². The molecule has 0 spiro atoms. The average Bonchev–Trinajstić information content (AvgIpc) is 3.58. The zero-order valence-corrected chi connectivity index (χ0v) is 19.0. The fourth-order valence-electron chi connectivity index (χ4n) is 6.97. The van der Waals surface area contributed by atoms with Gasteiger partial charge in [0.2, 0.25) is 17.7 Å². The Morgan fingerprint density at radius 3 is 2.12 bits per heavy atom. The van der Waals surface area contributed by atoms with Crippen LogP contribution in [-0.4, -0.2) is 28.7 Å². The van der Waals surface area contributed by atoms with Gasteiger partial charge in [-0.15, -0.1) is 0 Å². The van der Waals surface area contributed by atoms with Gasteiger partial charge in [-0.25, -0.2) is 0 Å². The third kappa shape index (κ3) is 3.32. The number of allylic oxidation sites excluding steroid dienone is 2. The zero-order chi connectivity index (χ0) is 23.9. The number of hydrogen-bond donors (Lipinski definition) is 1. The van der Waals surface area contributed by atoms with Gasteiger partial charge in [-0.2, -0.15) is 13.2 Å². The molecule has 1 saturated heterocycles. The second-order valence-electron chi connectivity index (χ2n) is 10.4. The molecule has 0 radical (unpaired) electrons. The molecule has 1 N–H and O–H groups in total. The molecule has 5 nitrogen and oxygen atoms in total. The summed E-state index contributed by atoms with van der Waals surface area (Å²) in [4.78, 5) is 40.9. The molecule has 1 heterocycles. The lowest BCUT2D eigenvalue weighted by Gasteiger charge is -2.37. The number of rotatable bonds is 3. The van der Waals surface area contributed by atoms with Gasteiger partial charge in [-0.3, -0.25) is 19.3 Å². The van der Waals surface area contributed by atoms with Gasteiger partial charge < -0.3 is 5.32 Å². The standard InChI is InChI=1S/C25H24ClF3N2O3/c26-18-8-3-12(25(27,28)29)9-19(18)30-22(32)11-1-4-13(5-2-11)31-23(33)20-14-6-7-15(17-10-16(14)17)21(20)24(31)34/h3,6-9,11,13-17,20-21H,1-2,4-5,10H2,(H,30,32)/t11?,13?,14-,15+,16-,17-,20+,21-/m1/s1. The van der Waals surface area contributed by atoms with E-state index in [1.807, 2.05) is 0 Å². The topological polar surface area (TPSA) is 66.5 Å². The highest BCUT2D eigenvalue weighted by Crippen LogP contribution is 2.65. The molecule has 1 aromatic carbocycles. The molecule has 9 heteroatoms. The molecule has 6 aliphatic rings. The summed E-state index contributed by atoms with van der Waals surface area (Å²) in [6, 6.07) is 2.60. The van der Waals surface area contributed by atoms with Crippen LogP contribution in [0.3, 0.4) is 0 Å². The number of alkyl halides is 3. The first kappa shape index (κ1) is 22.1. The fourth-order valence-corrected chi connectivity index (χ4v) is 7.13. The summed E-state index contributed by atoms with van der Waals surface area (Å²) in [7, 11) is 0. The van der Waals surface area contributed by atoms with Gasteiger partial charge in [0.1, 0.15) is 0 Å². The molecule has 3 saturated carbocycles. The number of likely N-dealkylation sites (tertiary alicyclic amines) is 1. The van der Waals surface area contributed by atoms with Crippen molar-refractivity contribution in [3.63, 3.8) is 0 Å². The zero-order valence-electron chi connectivity index (χ0n) is 18.2. The Morgan fingerprint density at radius 2 is 1.56 bits per heavy atom. The minimum absolute atomic E-state index is 0.0344. The van der Waals surface area contributed by atoms with E-state index in [1.165, 1.54) is 4.90 Å². The molecule has 0 unspecified atom stereocenters. The Hall–Kier alpha value is -2.35. The van der Waals surface area contributed by atoms with Crippen LogP contribution in [0, 0.1) is 41.4 Å². The summed E-state index contributed by atoms with van der Waals surface area (Å²) < 4.78 is 39.0. The molecule has 0 aromatic heterocycles. The van der Waals surface area contributed by atoms with Crippen molar-refractivity contribution in [1.29, 1.82) is 0 Å². The summed E-state index contributed by atoms with van der Waals surface area (Å²) in [5.41, 5.74) is -0.955. The van der Waals surface area contributed by atoms with E-state index >= 15 is 0 Å². The first-order valence-electron chi connectivity index (χ1n) is 11.9. The van der Waals surface area contributed by atoms with E-state index in [-0.39, 0.29) is 52.2 Å². The van der Waals surface area contributed by atoms with Crippen LogP contribution in [0.15, 0.2) is 30.4 Å². The molecule has 7 rings (SSSR count). The van der Waals surface area contributed by atoms with Crippen molar-refractivity contribution in [2.75, 3.05) is 5.32 Å². The van der Waals surface area contributed by atoms with E-state index < -0.39 is 23.6 Å². The minimum Gasteiger partial charge on any atom is -0.325 e. The van der Waals surface area contributed by atoms with Gasteiger partial charge in [0.25, 0.3) is 0 Å². The molecule has 180 valence electrons. The van der Waals surface area contributed by atoms with Gasteiger partial charge in [0.15, 0.2) is 0 Å². The van der Waals surface area contributed by atoms with E-state index in [1.54, 1.807) is 0 Å². The van der Waals surface area contributed by atoms with Crippen molar-refractivity contribution in [3.05, 3.63) is 40.9 Å². The quantitative estimate of drug-likeness (QED) is 0.481. The highest BCUT2D eigenvalue weighted by atomic mass is 35.5. The molecule has 1 aliphatic heterocycles. The predicted octanol–water partition coefficient (Wildman–Crippen LogP) is 4.91. The number of carbonyl (C=O) groups excluding carboxylic acids is 3. The minimum atomic E-state index is -4.54. The van der Waals surface area contributed by atoms with E-state index in [9.17, 15) is 27.6 Å². The SMILES string of the molecule is O=C(Nc1cc(C(F)(F)F)ccc1Cl)C1CCC(N2C(=O)[C@@H]3[C@H]4C=C[C@H]([C@H]5C[C@H]45)[C@@H]3C2=O)CC1. The van der Waals surface area contributed by atoms with Crippen molar-refractivity contribution >= 4 is 35.0 Å². The highest BCUT2D eigenvalue weighted by molar-refractivity contribution is 6.33. The van der Waals surface area contributed by atoms with E-state index in [0.29, 0.717) is 37.5 Å². The summed E-state index contributed by atoms with van der Waals surface area (Å²) in [6.07, 6.45) is 2.81. The Balaban J connectivity index is 1.11. The van der Waals surface area contributed by atoms with Crippen LogP contribution in [0.25, 0.3) is 0 Å². The summed E-state index contributed by atoms with van der Waals surface area (Å²) in [6.45, 7) is 0. The summed E-state index contributed by atoms with van der Waals surface area (Å²) in [5.74, 6) is 0.0983. The number of benzene rings is 1. The molecule has 1 aromatic rings. The first-order chi connectivity index (χ1) is 16.1. The third-order valence-electron chi connectivity index (χ3n) is 8.68. The number of anilines is 1. The van der Waals surface area contributed by atoms with E-state index in [4.69, 9.17) is 11.6 Å². The molecule has 2 bridgehead atoms. The molecule has 6 atom stereocenters. The largest absolute Gasteiger partial charge is 0.416 e. The Morgan fingerprint density at radius 1 is 0.971 bits per heavy atom. The van der Waals surface area contributed by atoms with Crippen molar-refractivity contribution < 1.29 is 27.6 Å². The van der Waals surface area contributed by atoms with Crippen LogP contribution in [0.1, 0.15) is 37.7 Å². The van der Waals surface area contributed by atoms with Crippen LogP contribution < -0.4 is 5.32 Å². The van der Waals surface area contributed by atoms with Crippen LogP contribution >= 0.6 is 11.6 Å². The highest BCUT2D eigenvalue weighted by Gasteiger charge is 2.67. The third-order valence-corrected chi connectivity index (χ3v) is 9.01. The van der Waals surface area contributed by atoms with Crippen LogP contribution in [0.2, 0.25) is 5.02 Å². The normalized spacial score (nSPS) is 38.1. The molecule has 4 fully saturated rings. The molecule has 5 aliphatic carbocycles. The van der Waals surface area contributed by atoms with Gasteiger partial charge in [0, 0.05) is 12.0 Å². The predicted molar refractivity (Wildman–Crippen MR) is 117 cm³/mol. The number of halogens is 4. The Bertz CT molecular complexity index is 1080. The lowest BCUT2D eigenvalue weighted by atomic mass is 9.63. The number of imide groups is 1. The Kier molecular flexibility index (Phi) is 4.93. The van der Waals surface area contributed by atoms with Crippen LogP contribution in [0.4, 0.5) is 18.9 Å². The molecule has 34 heavy (non-hydrogen) atoms. The maximum absolute atomic E-state index is 13.3. The second kappa shape index (κ2) is 7.57. The van der Waals surface area contributed by atoms with Gasteiger partial charge in [0.05, 0.1) is 28.1 Å². The van der Waals surface area contributed by atoms with Gasteiger partial charge >= 0.3 is 6.18 Å². The maximum Gasteiger partial charge on any atom is 0.416 e. The first-order valence-corrected chi connectivity index (χ1v) is 12.3. The second-order valence-corrected chi connectivity index (χ2v) is 10.8. The number of amides is 3. The smallest absolute Gasteiger partial charge is 0.325 e. The van der Waals surface area contributed by atoms with Crippen LogP contribution in [0.5, 0.6) is 0 Å². The van der Waals surface area contributed by atoms with Crippen molar-refractivity contribution in [3.8, 4) is 0 Å². The van der Waals surface area contributed by atoms with Crippen molar-refractivity contribution in [2.24, 2.45) is 41.4 Å². The lowest BCUT2D eigenvalue weighted by Crippen LogP contribution is -2.44. The van der Waals surface area contributed by atoms with Crippen LogP contribution in [-0.2, 0) is 20.6 Å². The maximum atomic E-state index is 13.3. The van der Waals surface area contributed by atoms with Gasteiger partial charge in [-0.05, 0) is 74.0 Å². The molecular formula is C25H24ClF3N2O3. The molecule has 3 amide bonds. The van der Waals surface area contributed by atoms with Gasteiger partial charge in [-0.1, -0.05) is 23.8 Å². The lowest BCUT2D eigenvalue weighted by molar-refractivity contribution is -0.144. The molecular weight excluding hydrogens is 469 g/mol. The van der Waals surface area contributed by atoms with Crippen molar-refractivity contribution in [1.82, 2.24) is 4.90 Å². The van der Waals surface area contributed by atoms with Crippen molar-refractivity contribution in [2.45, 2.75) is 44.3 Å². The number of carbonyl (C=O) groups is 3. The average molecular weight is 493 g/mol. The fraction of sp³-hybridized carbons (Fsp3) is 0.560. The number of hydrogen-bond acceptors (Lipinski definition) is 3.